The Hall–Kier alpha value is -1.75. The Morgan fingerprint density at radius 1 is 1.12 bits per heavy atom. The number of hydrogen-bond acceptors (Lipinski definition) is 5. The first-order chi connectivity index (χ1) is 11.5. The highest BCUT2D eigenvalue weighted by Crippen LogP contribution is 2.31. The largest absolute Gasteiger partial charge is 0.508 e. The van der Waals surface area contributed by atoms with Gasteiger partial charge in [0.05, 0.1) is 19.3 Å². The number of phenols is 1. The molecule has 1 aliphatic heterocycles. The van der Waals surface area contributed by atoms with Crippen LogP contribution < -0.4 is 4.74 Å². The van der Waals surface area contributed by atoms with Crippen molar-refractivity contribution in [1.82, 2.24) is 0 Å². The standard InChI is InChI=1S/C19H28O5/c1-13-7-6-10-15(20)9-5-3-4-8-14-11-16(21)12-17(23-2)18(14)19(22)24-13/h11-13,15,20-21H,3-10H2,1-2H3/t13-,15+/m0/s1. The average Bonchev–Trinajstić information content (AvgIpc) is 2.52. The molecule has 1 aromatic carbocycles. The van der Waals surface area contributed by atoms with Crippen LogP contribution >= 0.6 is 0 Å². The second kappa shape index (κ2) is 8.92. The summed E-state index contributed by atoms with van der Waals surface area (Å²) in [6.07, 6.45) is 6.10. The molecule has 0 spiro atoms. The second-order valence-electron chi connectivity index (χ2n) is 6.58. The lowest BCUT2D eigenvalue weighted by Crippen LogP contribution is -2.18. The van der Waals surface area contributed by atoms with Crippen molar-refractivity contribution in [3.8, 4) is 11.5 Å². The highest BCUT2D eigenvalue weighted by atomic mass is 16.5. The van der Waals surface area contributed by atoms with Crippen molar-refractivity contribution in [3.05, 3.63) is 23.3 Å². The van der Waals surface area contributed by atoms with Gasteiger partial charge in [-0.1, -0.05) is 12.8 Å². The number of benzene rings is 1. The number of hydrogen-bond donors (Lipinski definition) is 2. The minimum atomic E-state index is -0.410. The normalized spacial score (nSPS) is 23.7. The van der Waals surface area contributed by atoms with E-state index in [1.165, 1.54) is 13.2 Å². The third-order valence-corrected chi connectivity index (χ3v) is 4.53. The van der Waals surface area contributed by atoms with Crippen LogP contribution in [0, 0.1) is 0 Å². The summed E-state index contributed by atoms with van der Waals surface area (Å²) in [5, 5.41) is 19.8. The van der Waals surface area contributed by atoms with E-state index in [4.69, 9.17) is 9.47 Å². The van der Waals surface area contributed by atoms with Gasteiger partial charge in [0, 0.05) is 6.07 Å². The van der Waals surface area contributed by atoms with E-state index >= 15 is 0 Å². The maximum absolute atomic E-state index is 12.6. The summed E-state index contributed by atoms with van der Waals surface area (Å²) in [6, 6.07) is 3.06. The number of cyclic esters (lactones) is 1. The Kier molecular flexibility index (Phi) is 6.91. The van der Waals surface area contributed by atoms with E-state index in [0.717, 1.165) is 50.5 Å². The van der Waals surface area contributed by atoms with Crippen LogP contribution in [0.1, 0.15) is 67.8 Å². The van der Waals surface area contributed by atoms with Crippen molar-refractivity contribution >= 4 is 5.97 Å². The summed E-state index contributed by atoms with van der Waals surface area (Å²) >= 11 is 0. The number of phenolic OH excluding ortho intramolecular Hbond substituents is 1. The zero-order chi connectivity index (χ0) is 17.5. The maximum atomic E-state index is 12.6. The van der Waals surface area contributed by atoms with E-state index < -0.39 is 5.97 Å². The van der Waals surface area contributed by atoms with Crippen LogP contribution in [0.2, 0.25) is 0 Å². The average molecular weight is 336 g/mol. The Balaban J connectivity index is 2.26. The zero-order valence-electron chi connectivity index (χ0n) is 14.6. The van der Waals surface area contributed by atoms with Crippen molar-refractivity contribution in [2.24, 2.45) is 0 Å². The molecule has 2 N–H and O–H groups in total. The smallest absolute Gasteiger partial charge is 0.342 e. The van der Waals surface area contributed by atoms with Crippen molar-refractivity contribution in [2.75, 3.05) is 7.11 Å². The molecule has 1 heterocycles. The Bertz CT molecular complexity index is 555. The van der Waals surface area contributed by atoms with Crippen LogP contribution in [0.25, 0.3) is 0 Å². The van der Waals surface area contributed by atoms with Crippen molar-refractivity contribution in [2.45, 2.75) is 70.5 Å². The molecule has 0 unspecified atom stereocenters. The third-order valence-electron chi connectivity index (χ3n) is 4.53. The Morgan fingerprint density at radius 3 is 2.62 bits per heavy atom. The van der Waals surface area contributed by atoms with Gasteiger partial charge >= 0.3 is 5.97 Å². The fourth-order valence-electron chi connectivity index (χ4n) is 3.20. The molecule has 24 heavy (non-hydrogen) atoms. The fraction of sp³-hybridized carbons (Fsp3) is 0.632. The highest BCUT2D eigenvalue weighted by molar-refractivity contribution is 5.94. The molecule has 0 bridgehead atoms. The molecule has 1 aliphatic rings. The summed E-state index contributed by atoms with van der Waals surface area (Å²) in [7, 11) is 1.48. The van der Waals surface area contributed by atoms with Gasteiger partial charge < -0.3 is 19.7 Å². The molecule has 5 nitrogen and oxygen atoms in total. The van der Waals surface area contributed by atoms with Gasteiger partial charge in [0.1, 0.15) is 17.1 Å². The fourth-order valence-corrected chi connectivity index (χ4v) is 3.20. The first-order valence-corrected chi connectivity index (χ1v) is 8.80. The van der Waals surface area contributed by atoms with Crippen molar-refractivity contribution in [3.63, 3.8) is 0 Å². The van der Waals surface area contributed by atoms with Gasteiger partial charge in [-0.05, 0) is 57.1 Å². The monoisotopic (exact) mass is 336 g/mol. The summed E-state index contributed by atoms with van der Waals surface area (Å²) in [6.45, 7) is 1.86. The molecule has 0 amide bonds. The van der Waals surface area contributed by atoms with Crippen LogP contribution in [0.5, 0.6) is 11.5 Å². The van der Waals surface area contributed by atoms with Gasteiger partial charge in [-0.2, -0.15) is 0 Å². The van der Waals surface area contributed by atoms with E-state index in [1.54, 1.807) is 6.07 Å². The molecule has 0 radical (unpaired) electrons. The lowest BCUT2D eigenvalue weighted by molar-refractivity contribution is 0.0305. The predicted molar refractivity (Wildman–Crippen MR) is 91.6 cm³/mol. The molecule has 5 heteroatoms. The predicted octanol–water partition coefficient (Wildman–Crippen LogP) is 3.59. The summed E-state index contributed by atoms with van der Waals surface area (Å²) in [5.74, 6) is 0.0275. The number of ether oxygens (including phenoxy) is 2. The Morgan fingerprint density at radius 2 is 1.88 bits per heavy atom. The number of carbonyl (C=O) groups excluding carboxylic acids is 1. The van der Waals surface area contributed by atoms with E-state index in [2.05, 4.69) is 0 Å². The second-order valence-corrected chi connectivity index (χ2v) is 6.58. The molecular weight excluding hydrogens is 308 g/mol. The minimum absolute atomic E-state index is 0.0861. The third kappa shape index (κ3) is 5.13. The molecule has 1 aromatic rings. The number of carbonyl (C=O) groups is 1. The number of aliphatic hydroxyl groups excluding tert-OH is 1. The molecule has 0 fully saturated rings. The van der Waals surface area contributed by atoms with Crippen LogP contribution in [-0.4, -0.2) is 35.5 Å². The molecule has 0 saturated carbocycles. The van der Waals surface area contributed by atoms with Gasteiger partial charge in [-0.15, -0.1) is 0 Å². The Labute approximate surface area is 143 Å². The molecule has 0 aromatic heterocycles. The molecule has 2 rings (SSSR count). The first-order valence-electron chi connectivity index (χ1n) is 8.80. The number of aryl methyl sites for hydroxylation is 1. The van der Waals surface area contributed by atoms with Gasteiger partial charge in [-0.3, -0.25) is 0 Å². The van der Waals surface area contributed by atoms with Gasteiger partial charge in [-0.25, -0.2) is 4.79 Å². The maximum Gasteiger partial charge on any atom is 0.342 e. The topological polar surface area (TPSA) is 76.0 Å². The van der Waals surface area contributed by atoms with Crippen molar-refractivity contribution in [1.29, 1.82) is 0 Å². The SMILES string of the molecule is COc1cc(O)cc2c1C(=O)O[C@@H](C)CCC[C@H](O)CCCCC2. The highest BCUT2D eigenvalue weighted by Gasteiger charge is 2.22. The zero-order valence-corrected chi connectivity index (χ0v) is 14.6. The van der Waals surface area contributed by atoms with Gasteiger partial charge in [0.2, 0.25) is 0 Å². The summed E-state index contributed by atoms with van der Waals surface area (Å²) in [4.78, 5) is 12.6. The molecule has 134 valence electrons. The van der Waals surface area contributed by atoms with Crippen LogP contribution in [0.15, 0.2) is 12.1 Å². The number of esters is 1. The minimum Gasteiger partial charge on any atom is -0.508 e. The molecular formula is C19H28O5. The van der Waals surface area contributed by atoms with E-state index in [0.29, 0.717) is 17.7 Å². The quantitative estimate of drug-likeness (QED) is 0.767. The van der Waals surface area contributed by atoms with Gasteiger partial charge in [0.15, 0.2) is 0 Å². The number of aromatic hydroxyl groups is 1. The molecule has 0 aliphatic carbocycles. The van der Waals surface area contributed by atoms with E-state index in [1.807, 2.05) is 6.92 Å². The molecule has 0 saturated heterocycles. The molecule has 2 atom stereocenters. The lowest BCUT2D eigenvalue weighted by Gasteiger charge is -2.19. The first kappa shape index (κ1) is 18.6. The van der Waals surface area contributed by atoms with E-state index in [9.17, 15) is 15.0 Å². The lowest BCUT2D eigenvalue weighted by atomic mass is 9.97. The number of aliphatic hydroxyl groups is 1. The van der Waals surface area contributed by atoms with Gasteiger partial charge in [0.25, 0.3) is 0 Å². The van der Waals surface area contributed by atoms with Crippen LogP contribution in [0.4, 0.5) is 0 Å². The van der Waals surface area contributed by atoms with Crippen LogP contribution in [0.3, 0.4) is 0 Å². The number of methoxy groups -OCH3 is 1. The summed E-state index contributed by atoms with van der Waals surface area (Å²) < 4.78 is 10.8. The number of fused-ring (bicyclic) bond motifs is 1. The van der Waals surface area contributed by atoms with Crippen LogP contribution in [-0.2, 0) is 11.2 Å². The number of rotatable bonds is 1. The van der Waals surface area contributed by atoms with Crippen molar-refractivity contribution < 1.29 is 24.5 Å². The summed E-state index contributed by atoms with van der Waals surface area (Å²) in [5.41, 5.74) is 1.17. The van der Waals surface area contributed by atoms with E-state index in [-0.39, 0.29) is 18.0 Å².